The monoisotopic (exact) mass is 275 g/mol. The summed E-state index contributed by atoms with van der Waals surface area (Å²) in [6.45, 7) is 6.77. The van der Waals surface area contributed by atoms with Crippen LogP contribution in [0.4, 0.5) is 5.95 Å². The number of anilines is 1. The van der Waals surface area contributed by atoms with Gasteiger partial charge in [0.15, 0.2) is 0 Å². The van der Waals surface area contributed by atoms with E-state index in [1.54, 1.807) is 11.3 Å². The highest BCUT2D eigenvalue weighted by Gasteiger charge is 2.26. The molecule has 1 N–H and O–H groups in total. The highest BCUT2D eigenvalue weighted by molar-refractivity contribution is 7.10. The van der Waals surface area contributed by atoms with Crippen molar-refractivity contribution in [3.63, 3.8) is 0 Å². The van der Waals surface area contributed by atoms with Gasteiger partial charge in [-0.05, 0) is 44.2 Å². The lowest BCUT2D eigenvalue weighted by molar-refractivity contribution is 0.617. The van der Waals surface area contributed by atoms with Crippen molar-refractivity contribution in [1.29, 1.82) is 0 Å². The molecule has 0 aliphatic carbocycles. The van der Waals surface area contributed by atoms with Crippen LogP contribution in [0, 0.1) is 13.8 Å². The first-order valence-corrected chi connectivity index (χ1v) is 7.36. The van der Waals surface area contributed by atoms with Crippen LogP contribution < -0.4 is 10.5 Å². The molecule has 100 valence electrons. The molecule has 2 aromatic heterocycles. The van der Waals surface area contributed by atoms with E-state index >= 15 is 0 Å². The van der Waals surface area contributed by atoms with Gasteiger partial charge in [0.05, 0.1) is 6.04 Å². The number of fused-ring (bicyclic) bond motifs is 1. The molecule has 0 saturated carbocycles. The van der Waals surface area contributed by atoms with Gasteiger partial charge in [-0.25, -0.2) is 4.98 Å². The SMILES string of the molecule is Cc1nc(N2CCc3ccsc3C2C)[nH]c(=O)c1C. The van der Waals surface area contributed by atoms with E-state index in [4.69, 9.17) is 0 Å². The zero-order valence-corrected chi connectivity index (χ0v) is 12.2. The molecule has 5 heteroatoms. The lowest BCUT2D eigenvalue weighted by Gasteiger charge is -2.34. The summed E-state index contributed by atoms with van der Waals surface area (Å²) in [5, 5.41) is 2.14. The fourth-order valence-corrected chi connectivity index (χ4v) is 3.58. The molecule has 0 bridgehead atoms. The van der Waals surface area contributed by atoms with Crippen LogP contribution in [0.2, 0.25) is 0 Å². The second-order valence-corrected chi connectivity index (χ2v) is 5.98. The Morgan fingerprint density at radius 1 is 1.47 bits per heavy atom. The summed E-state index contributed by atoms with van der Waals surface area (Å²) in [5.74, 6) is 0.694. The minimum atomic E-state index is -0.0355. The van der Waals surface area contributed by atoms with Crippen molar-refractivity contribution in [3.8, 4) is 0 Å². The Hall–Kier alpha value is -1.62. The zero-order valence-electron chi connectivity index (χ0n) is 11.4. The lowest BCUT2D eigenvalue weighted by atomic mass is 10.0. The number of nitrogens with one attached hydrogen (secondary N) is 1. The molecule has 1 atom stereocenters. The molecule has 4 nitrogen and oxygen atoms in total. The summed E-state index contributed by atoms with van der Waals surface area (Å²) in [5.41, 5.74) is 2.90. The van der Waals surface area contributed by atoms with E-state index in [-0.39, 0.29) is 11.6 Å². The first-order valence-electron chi connectivity index (χ1n) is 6.48. The molecule has 2 aromatic rings. The molecule has 3 heterocycles. The number of hydrogen-bond acceptors (Lipinski definition) is 4. The van der Waals surface area contributed by atoms with Crippen molar-refractivity contribution < 1.29 is 0 Å². The van der Waals surface area contributed by atoms with Gasteiger partial charge in [0.25, 0.3) is 5.56 Å². The zero-order chi connectivity index (χ0) is 13.6. The van der Waals surface area contributed by atoms with Gasteiger partial charge < -0.3 is 4.90 Å². The van der Waals surface area contributed by atoms with E-state index < -0.39 is 0 Å². The molecule has 0 amide bonds. The molecule has 0 fully saturated rings. The summed E-state index contributed by atoms with van der Waals surface area (Å²) >= 11 is 1.78. The van der Waals surface area contributed by atoms with E-state index in [1.807, 2.05) is 13.8 Å². The van der Waals surface area contributed by atoms with Crippen LogP contribution in [0.25, 0.3) is 0 Å². The highest BCUT2D eigenvalue weighted by atomic mass is 32.1. The second kappa shape index (κ2) is 4.49. The van der Waals surface area contributed by atoms with Gasteiger partial charge in [0.1, 0.15) is 0 Å². The van der Waals surface area contributed by atoms with Gasteiger partial charge >= 0.3 is 0 Å². The van der Waals surface area contributed by atoms with E-state index in [9.17, 15) is 4.79 Å². The first kappa shape index (κ1) is 12.4. The third-order valence-corrected chi connectivity index (χ3v) is 5.03. The Morgan fingerprint density at radius 3 is 3.00 bits per heavy atom. The minimum absolute atomic E-state index is 0.0355. The summed E-state index contributed by atoms with van der Waals surface area (Å²) in [6, 6.07) is 2.47. The Morgan fingerprint density at radius 2 is 2.26 bits per heavy atom. The summed E-state index contributed by atoms with van der Waals surface area (Å²) in [4.78, 5) is 22.9. The van der Waals surface area contributed by atoms with Gasteiger partial charge in [0, 0.05) is 22.7 Å². The van der Waals surface area contributed by atoms with Crippen LogP contribution in [0.5, 0.6) is 0 Å². The summed E-state index contributed by atoms with van der Waals surface area (Å²) in [6.07, 6.45) is 1.01. The molecule has 0 radical (unpaired) electrons. The van der Waals surface area contributed by atoms with Gasteiger partial charge in [-0.3, -0.25) is 9.78 Å². The van der Waals surface area contributed by atoms with Crippen LogP contribution in [0.3, 0.4) is 0 Å². The van der Waals surface area contributed by atoms with E-state index in [2.05, 4.69) is 33.2 Å². The maximum atomic E-state index is 11.9. The Bertz CT molecular complexity index is 674. The Balaban J connectivity index is 2.03. The maximum Gasteiger partial charge on any atom is 0.255 e. The molecule has 0 spiro atoms. The number of nitrogens with zero attached hydrogens (tertiary/aromatic N) is 2. The third-order valence-electron chi connectivity index (χ3n) is 3.90. The highest BCUT2D eigenvalue weighted by Crippen LogP contribution is 2.34. The van der Waals surface area contributed by atoms with Crippen molar-refractivity contribution >= 4 is 17.3 Å². The first-order chi connectivity index (χ1) is 9.08. The predicted octanol–water partition coefficient (Wildman–Crippen LogP) is 2.57. The number of H-pyrrole nitrogens is 1. The number of aryl methyl sites for hydroxylation is 1. The summed E-state index contributed by atoms with van der Waals surface area (Å²) < 4.78 is 0. The van der Waals surface area contributed by atoms with Crippen molar-refractivity contribution in [2.45, 2.75) is 33.2 Å². The van der Waals surface area contributed by atoms with Crippen LogP contribution in [-0.2, 0) is 6.42 Å². The summed E-state index contributed by atoms with van der Waals surface area (Å²) in [7, 11) is 0. The number of aromatic nitrogens is 2. The average molecular weight is 275 g/mol. The van der Waals surface area contributed by atoms with Crippen LogP contribution >= 0.6 is 11.3 Å². The van der Waals surface area contributed by atoms with Crippen LogP contribution in [-0.4, -0.2) is 16.5 Å². The standard InChI is InChI=1S/C14H17N3OS/c1-8-9(2)15-14(16-13(8)18)17-6-4-11-5-7-19-12(11)10(17)3/h5,7,10H,4,6H2,1-3H3,(H,15,16,18). The Labute approximate surface area is 116 Å². The number of hydrogen-bond donors (Lipinski definition) is 1. The lowest BCUT2D eigenvalue weighted by Crippen LogP contribution is -2.36. The normalized spacial score (nSPS) is 18.5. The second-order valence-electron chi connectivity index (χ2n) is 5.03. The number of rotatable bonds is 1. The third kappa shape index (κ3) is 1.98. The fraction of sp³-hybridized carbons (Fsp3) is 0.429. The number of thiophene rings is 1. The van der Waals surface area contributed by atoms with E-state index in [1.165, 1.54) is 10.4 Å². The Kier molecular flexibility index (Phi) is 2.93. The van der Waals surface area contributed by atoms with Gasteiger partial charge in [-0.15, -0.1) is 11.3 Å². The van der Waals surface area contributed by atoms with Crippen molar-refractivity contribution in [3.05, 3.63) is 43.5 Å². The van der Waals surface area contributed by atoms with E-state index in [0.29, 0.717) is 11.5 Å². The molecule has 0 aromatic carbocycles. The fourth-order valence-electron chi connectivity index (χ4n) is 2.55. The molecular formula is C14H17N3OS. The molecule has 1 unspecified atom stereocenters. The largest absolute Gasteiger partial charge is 0.334 e. The van der Waals surface area contributed by atoms with Crippen LogP contribution in [0.15, 0.2) is 16.2 Å². The topological polar surface area (TPSA) is 49.0 Å². The van der Waals surface area contributed by atoms with Gasteiger partial charge in [-0.1, -0.05) is 0 Å². The quantitative estimate of drug-likeness (QED) is 0.870. The maximum absolute atomic E-state index is 11.9. The smallest absolute Gasteiger partial charge is 0.255 e. The van der Waals surface area contributed by atoms with Crippen LogP contribution in [0.1, 0.15) is 34.7 Å². The minimum Gasteiger partial charge on any atom is -0.334 e. The predicted molar refractivity (Wildman–Crippen MR) is 78.1 cm³/mol. The molecule has 19 heavy (non-hydrogen) atoms. The van der Waals surface area contributed by atoms with Crippen molar-refractivity contribution in [2.24, 2.45) is 0 Å². The molecule has 1 aliphatic heterocycles. The van der Waals surface area contributed by atoms with Crippen molar-refractivity contribution in [1.82, 2.24) is 9.97 Å². The van der Waals surface area contributed by atoms with Crippen molar-refractivity contribution in [2.75, 3.05) is 11.4 Å². The van der Waals surface area contributed by atoms with E-state index in [0.717, 1.165) is 18.7 Å². The molecule has 3 rings (SSSR count). The molecule has 1 aliphatic rings. The van der Waals surface area contributed by atoms with Gasteiger partial charge in [-0.2, -0.15) is 0 Å². The number of aromatic amines is 1. The van der Waals surface area contributed by atoms with Gasteiger partial charge in [0.2, 0.25) is 5.95 Å². The molecular weight excluding hydrogens is 258 g/mol. The molecule has 0 saturated heterocycles. The average Bonchev–Trinajstić information content (AvgIpc) is 2.85.